The molecule has 6 heteroatoms. The van der Waals surface area contributed by atoms with Gasteiger partial charge in [-0.25, -0.2) is 0 Å². The Kier molecular flexibility index (Phi) is 5.96. The van der Waals surface area contributed by atoms with Gasteiger partial charge in [0.15, 0.2) is 11.5 Å². The fourth-order valence-corrected chi connectivity index (χ4v) is 5.17. The number of piperazine rings is 1. The first-order chi connectivity index (χ1) is 17.2. The number of aryl methyl sites for hydroxylation is 1. The standard InChI is InChI=1S/C29H31N3O3/c1-21-26(9-4-10-27(21)35-23-11-12-28-29(18-23)34-20-33-28)32-16-14-31(15-17-32)13-5-6-22-19-30-25-8-3-2-7-24(22)25/h2-4,7-12,18-19,30H,5-6,13-17,20H2,1H3. The van der Waals surface area contributed by atoms with Crippen molar-refractivity contribution >= 4 is 16.6 Å². The number of hydrogen-bond acceptors (Lipinski definition) is 5. The summed E-state index contributed by atoms with van der Waals surface area (Å²) in [6, 6.07) is 20.6. The number of nitrogens with one attached hydrogen (secondary N) is 1. The van der Waals surface area contributed by atoms with Gasteiger partial charge in [0.1, 0.15) is 11.5 Å². The molecule has 1 saturated heterocycles. The smallest absolute Gasteiger partial charge is 0.231 e. The van der Waals surface area contributed by atoms with Crippen LogP contribution in [0.15, 0.2) is 66.9 Å². The van der Waals surface area contributed by atoms with Crippen molar-refractivity contribution in [3.05, 3.63) is 78.0 Å². The Bertz CT molecular complexity index is 1320. The second kappa shape index (κ2) is 9.55. The van der Waals surface area contributed by atoms with Gasteiger partial charge < -0.3 is 24.1 Å². The molecule has 0 aliphatic carbocycles. The Hall–Kier alpha value is -3.64. The first-order valence-electron chi connectivity index (χ1n) is 12.4. The molecule has 35 heavy (non-hydrogen) atoms. The van der Waals surface area contributed by atoms with Crippen LogP contribution in [0.4, 0.5) is 5.69 Å². The molecule has 4 aromatic rings. The van der Waals surface area contributed by atoms with Gasteiger partial charge in [-0.05, 0) is 62.2 Å². The van der Waals surface area contributed by atoms with Crippen LogP contribution >= 0.6 is 0 Å². The van der Waals surface area contributed by atoms with Crippen LogP contribution in [0, 0.1) is 6.92 Å². The largest absolute Gasteiger partial charge is 0.457 e. The van der Waals surface area contributed by atoms with Crippen molar-refractivity contribution in [2.75, 3.05) is 44.4 Å². The predicted octanol–water partition coefficient (Wildman–Crippen LogP) is 5.75. The van der Waals surface area contributed by atoms with E-state index < -0.39 is 0 Å². The number of anilines is 1. The van der Waals surface area contributed by atoms with Crippen LogP contribution in [-0.4, -0.2) is 49.4 Å². The molecule has 3 heterocycles. The molecule has 1 N–H and O–H groups in total. The van der Waals surface area contributed by atoms with Gasteiger partial charge in [0.25, 0.3) is 0 Å². The number of H-pyrrole nitrogens is 1. The zero-order valence-electron chi connectivity index (χ0n) is 20.1. The van der Waals surface area contributed by atoms with Crippen LogP contribution in [-0.2, 0) is 6.42 Å². The molecule has 3 aromatic carbocycles. The third kappa shape index (κ3) is 4.54. The van der Waals surface area contributed by atoms with Crippen LogP contribution in [0.25, 0.3) is 10.9 Å². The van der Waals surface area contributed by atoms with Crippen molar-refractivity contribution in [3.63, 3.8) is 0 Å². The minimum Gasteiger partial charge on any atom is -0.457 e. The monoisotopic (exact) mass is 469 g/mol. The number of rotatable bonds is 7. The van der Waals surface area contributed by atoms with Gasteiger partial charge in [-0.2, -0.15) is 0 Å². The Balaban J connectivity index is 1.04. The summed E-state index contributed by atoms with van der Waals surface area (Å²) in [7, 11) is 0. The number of ether oxygens (including phenoxy) is 3. The summed E-state index contributed by atoms with van der Waals surface area (Å²) >= 11 is 0. The molecule has 2 aliphatic rings. The number of fused-ring (bicyclic) bond motifs is 2. The predicted molar refractivity (Wildman–Crippen MR) is 139 cm³/mol. The third-order valence-corrected chi connectivity index (χ3v) is 7.14. The van der Waals surface area contributed by atoms with Crippen molar-refractivity contribution < 1.29 is 14.2 Å². The van der Waals surface area contributed by atoms with E-state index in [0.717, 1.165) is 67.7 Å². The first-order valence-corrected chi connectivity index (χ1v) is 12.4. The highest BCUT2D eigenvalue weighted by atomic mass is 16.7. The van der Waals surface area contributed by atoms with Gasteiger partial charge in [-0.3, -0.25) is 4.90 Å². The van der Waals surface area contributed by atoms with E-state index in [1.165, 1.54) is 28.6 Å². The number of benzene rings is 3. The van der Waals surface area contributed by atoms with Gasteiger partial charge in [0, 0.05) is 60.6 Å². The number of aromatic nitrogens is 1. The molecule has 0 saturated carbocycles. The Morgan fingerprint density at radius 1 is 0.914 bits per heavy atom. The minimum absolute atomic E-state index is 0.266. The van der Waals surface area contributed by atoms with E-state index in [9.17, 15) is 0 Å². The molecule has 2 aliphatic heterocycles. The quantitative estimate of drug-likeness (QED) is 0.373. The van der Waals surface area contributed by atoms with Crippen molar-refractivity contribution in [2.45, 2.75) is 19.8 Å². The lowest BCUT2D eigenvalue weighted by molar-refractivity contribution is 0.174. The molecule has 1 fully saturated rings. The number of nitrogens with zero attached hydrogens (tertiary/aromatic N) is 2. The third-order valence-electron chi connectivity index (χ3n) is 7.14. The van der Waals surface area contributed by atoms with Crippen molar-refractivity contribution in [1.29, 1.82) is 0 Å². The normalized spacial score (nSPS) is 15.6. The molecule has 1 aromatic heterocycles. The second-order valence-corrected chi connectivity index (χ2v) is 9.31. The molecule has 0 bridgehead atoms. The summed E-state index contributed by atoms with van der Waals surface area (Å²) < 4.78 is 17.1. The highest BCUT2D eigenvalue weighted by Crippen LogP contribution is 2.38. The maximum Gasteiger partial charge on any atom is 0.231 e. The number of para-hydroxylation sites is 1. The Morgan fingerprint density at radius 2 is 1.77 bits per heavy atom. The topological polar surface area (TPSA) is 50.0 Å². The summed E-state index contributed by atoms with van der Waals surface area (Å²) in [5.74, 6) is 3.14. The Labute approximate surface area is 206 Å². The summed E-state index contributed by atoms with van der Waals surface area (Å²) in [6.07, 6.45) is 4.46. The highest BCUT2D eigenvalue weighted by Gasteiger charge is 2.20. The van der Waals surface area contributed by atoms with Gasteiger partial charge in [0.2, 0.25) is 6.79 Å². The SMILES string of the molecule is Cc1c(Oc2ccc3c(c2)OCO3)cccc1N1CCN(CCCc2c[nH]c3ccccc23)CC1. The van der Waals surface area contributed by atoms with Crippen LogP contribution in [0.1, 0.15) is 17.5 Å². The van der Waals surface area contributed by atoms with Crippen LogP contribution < -0.4 is 19.1 Å². The van der Waals surface area contributed by atoms with E-state index in [1.807, 2.05) is 24.3 Å². The first kappa shape index (κ1) is 21.9. The molecule has 180 valence electrons. The van der Waals surface area contributed by atoms with Crippen molar-refractivity contribution in [3.8, 4) is 23.0 Å². The summed E-state index contributed by atoms with van der Waals surface area (Å²) in [5.41, 5.74) is 5.07. The molecule has 0 unspecified atom stereocenters. The zero-order chi connectivity index (χ0) is 23.6. The maximum absolute atomic E-state index is 6.23. The molecule has 0 amide bonds. The van der Waals surface area contributed by atoms with Gasteiger partial charge >= 0.3 is 0 Å². The van der Waals surface area contributed by atoms with Crippen molar-refractivity contribution in [1.82, 2.24) is 9.88 Å². The minimum atomic E-state index is 0.266. The zero-order valence-corrected chi connectivity index (χ0v) is 20.1. The second-order valence-electron chi connectivity index (χ2n) is 9.31. The van der Waals surface area contributed by atoms with E-state index in [-0.39, 0.29) is 6.79 Å². The van der Waals surface area contributed by atoms with E-state index in [0.29, 0.717) is 0 Å². The van der Waals surface area contributed by atoms with E-state index >= 15 is 0 Å². The molecule has 0 radical (unpaired) electrons. The average Bonchev–Trinajstić information content (AvgIpc) is 3.53. The summed E-state index contributed by atoms with van der Waals surface area (Å²) in [5, 5.41) is 1.36. The molecular weight excluding hydrogens is 438 g/mol. The summed E-state index contributed by atoms with van der Waals surface area (Å²) in [4.78, 5) is 8.47. The lowest BCUT2D eigenvalue weighted by Gasteiger charge is -2.37. The molecular formula is C29H31N3O3. The average molecular weight is 470 g/mol. The fraction of sp³-hybridized carbons (Fsp3) is 0.310. The van der Waals surface area contributed by atoms with E-state index in [4.69, 9.17) is 14.2 Å². The lowest BCUT2D eigenvalue weighted by Crippen LogP contribution is -2.46. The molecule has 6 nitrogen and oxygen atoms in total. The van der Waals surface area contributed by atoms with E-state index in [2.05, 4.69) is 64.3 Å². The highest BCUT2D eigenvalue weighted by molar-refractivity contribution is 5.83. The van der Waals surface area contributed by atoms with Gasteiger partial charge in [0.05, 0.1) is 0 Å². The number of aromatic amines is 1. The van der Waals surface area contributed by atoms with Crippen LogP contribution in [0.3, 0.4) is 0 Å². The van der Waals surface area contributed by atoms with Crippen molar-refractivity contribution in [2.24, 2.45) is 0 Å². The van der Waals surface area contributed by atoms with Crippen LogP contribution in [0.5, 0.6) is 23.0 Å². The summed E-state index contributed by atoms with van der Waals surface area (Å²) in [6.45, 7) is 7.77. The van der Waals surface area contributed by atoms with Gasteiger partial charge in [-0.1, -0.05) is 24.3 Å². The fourth-order valence-electron chi connectivity index (χ4n) is 5.17. The molecule has 0 atom stereocenters. The van der Waals surface area contributed by atoms with Gasteiger partial charge in [-0.15, -0.1) is 0 Å². The van der Waals surface area contributed by atoms with E-state index in [1.54, 1.807) is 0 Å². The molecule has 6 rings (SSSR count). The maximum atomic E-state index is 6.23. The Morgan fingerprint density at radius 3 is 2.69 bits per heavy atom. The lowest BCUT2D eigenvalue weighted by atomic mass is 10.1. The molecule has 0 spiro atoms. The van der Waals surface area contributed by atoms with Crippen LogP contribution in [0.2, 0.25) is 0 Å². The number of hydrogen-bond donors (Lipinski definition) is 1.